The van der Waals surface area contributed by atoms with Gasteiger partial charge in [-0.05, 0) is 83.3 Å². The highest BCUT2D eigenvalue weighted by Crippen LogP contribution is 2.35. The summed E-state index contributed by atoms with van der Waals surface area (Å²) in [6.45, 7) is 4.25. The van der Waals surface area contributed by atoms with Crippen molar-refractivity contribution in [2.75, 3.05) is 4.90 Å². The Labute approximate surface area is 243 Å². The second-order valence-corrected chi connectivity index (χ2v) is 10.5. The smallest absolute Gasteiger partial charge is 0.0462 e. The number of benzene rings is 6. The van der Waals surface area contributed by atoms with Crippen LogP contribution in [0.1, 0.15) is 33.4 Å². The molecule has 0 aliphatic heterocycles. The lowest BCUT2D eigenvalue weighted by Crippen LogP contribution is -2.09. The van der Waals surface area contributed by atoms with Gasteiger partial charge in [-0.15, -0.1) is 0 Å². The third kappa shape index (κ3) is 6.05. The molecule has 0 aliphatic carbocycles. The van der Waals surface area contributed by atoms with Crippen molar-refractivity contribution in [1.29, 1.82) is 0 Å². The van der Waals surface area contributed by atoms with Crippen LogP contribution in [0, 0.1) is 13.8 Å². The fourth-order valence-corrected chi connectivity index (χ4v) is 5.15. The third-order valence-corrected chi connectivity index (χ3v) is 7.44. The maximum atomic E-state index is 2.31. The fraction of sp³-hybridized carbons (Fsp3) is 0.0500. The fourth-order valence-electron chi connectivity index (χ4n) is 5.15. The lowest BCUT2D eigenvalue weighted by molar-refractivity contribution is 1.27. The van der Waals surface area contributed by atoms with Crippen molar-refractivity contribution in [1.82, 2.24) is 0 Å². The second kappa shape index (κ2) is 11.9. The van der Waals surface area contributed by atoms with Crippen LogP contribution in [0.3, 0.4) is 0 Å². The first-order chi connectivity index (χ1) is 20.1. The summed E-state index contributed by atoms with van der Waals surface area (Å²) in [6.07, 6.45) is 8.81. The molecule has 0 spiro atoms. The Morgan fingerprint density at radius 3 is 1.24 bits per heavy atom. The molecule has 1 nitrogen and oxygen atoms in total. The van der Waals surface area contributed by atoms with E-state index in [9.17, 15) is 0 Å². The molecule has 0 N–H and O–H groups in total. The maximum Gasteiger partial charge on any atom is 0.0462 e. The zero-order valence-corrected chi connectivity index (χ0v) is 23.5. The molecule has 6 aromatic carbocycles. The van der Waals surface area contributed by atoms with Gasteiger partial charge in [-0.1, -0.05) is 139 Å². The van der Waals surface area contributed by atoms with Gasteiger partial charge >= 0.3 is 0 Å². The van der Waals surface area contributed by atoms with E-state index in [1.165, 1.54) is 44.2 Å². The largest absolute Gasteiger partial charge is 0.311 e. The minimum absolute atomic E-state index is 1.13. The van der Waals surface area contributed by atoms with Gasteiger partial charge < -0.3 is 4.90 Å². The molecule has 0 atom stereocenters. The molecule has 0 saturated heterocycles. The van der Waals surface area contributed by atoms with Gasteiger partial charge in [0, 0.05) is 17.1 Å². The van der Waals surface area contributed by atoms with Gasteiger partial charge in [-0.25, -0.2) is 0 Å². The summed E-state index contributed by atoms with van der Waals surface area (Å²) in [5, 5.41) is 2.50. The molecular weight excluding hydrogens is 494 g/mol. The summed E-state index contributed by atoms with van der Waals surface area (Å²) in [5.74, 6) is 0. The van der Waals surface area contributed by atoms with E-state index in [0.29, 0.717) is 0 Å². The Hall–Kier alpha value is -5.14. The summed E-state index contributed by atoms with van der Waals surface area (Å²) in [4.78, 5) is 2.31. The summed E-state index contributed by atoms with van der Waals surface area (Å²) in [5.41, 5.74) is 10.7. The average molecular weight is 528 g/mol. The molecule has 0 fully saturated rings. The van der Waals surface area contributed by atoms with Crippen molar-refractivity contribution in [3.05, 3.63) is 173 Å². The van der Waals surface area contributed by atoms with Crippen molar-refractivity contribution >= 4 is 52.1 Å². The van der Waals surface area contributed by atoms with E-state index in [-0.39, 0.29) is 0 Å². The summed E-state index contributed by atoms with van der Waals surface area (Å²) < 4.78 is 0. The molecule has 0 amide bonds. The first kappa shape index (κ1) is 26.1. The maximum absolute atomic E-state index is 2.31. The normalized spacial score (nSPS) is 11.5. The molecule has 0 aromatic heterocycles. The minimum Gasteiger partial charge on any atom is -0.311 e. The predicted octanol–water partition coefficient (Wildman–Crippen LogP) is 11.3. The van der Waals surface area contributed by atoms with Crippen molar-refractivity contribution in [3.8, 4) is 0 Å². The van der Waals surface area contributed by atoms with Crippen molar-refractivity contribution in [3.63, 3.8) is 0 Å². The van der Waals surface area contributed by atoms with Crippen LogP contribution < -0.4 is 4.90 Å². The van der Waals surface area contributed by atoms with Gasteiger partial charge in [0.15, 0.2) is 0 Å². The Morgan fingerprint density at radius 1 is 0.366 bits per heavy atom. The Bertz CT molecular complexity index is 1760. The van der Waals surface area contributed by atoms with Gasteiger partial charge in [-0.3, -0.25) is 0 Å². The van der Waals surface area contributed by atoms with Crippen molar-refractivity contribution in [2.45, 2.75) is 13.8 Å². The van der Waals surface area contributed by atoms with Crippen LogP contribution in [-0.2, 0) is 0 Å². The Balaban J connectivity index is 1.28. The predicted molar refractivity (Wildman–Crippen MR) is 179 cm³/mol. The van der Waals surface area contributed by atoms with E-state index in [1.807, 2.05) is 6.07 Å². The van der Waals surface area contributed by atoms with Crippen LogP contribution in [0.2, 0.25) is 0 Å². The highest BCUT2D eigenvalue weighted by molar-refractivity contribution is 5.98. The van der Waals surface area contributed by atoms with Gasteiger partial charge in [-0.2, -0.15) is 0 Å². The van der Waals surface area contributed by atoms with E-state index >= 15 is 0 Å². The lowest BCUT2D eigenvalue weighted by atomic mass is 9.98. The van der Waals surface area contributed by atoms with Crippen LogP contribution in [0.25, 0.3) is 35.1 Å². The standard InChI is InChI=1S/C40H33N/c1-30-14-24-36(25-15-30)41(37-26-16-31(2)17-27-37)38-28-20-33(21-29-38)19-23-35-11-7-12-39-34(10-6-13-40(35)39)22-18-32-8-4-3-5-9-32/h3-29H,1-2H3. The number of aryl methyl sites for hydroxylation is 2. The third-order valence-electron chi connectivity index (χ3n) is 7.44. The molecule has 198 valence electrons. The second-order valence-electron chi connectivity index (χ2n) is 10.5. The Morgan fingerprint density at radius 2 is 0.780 bits per heavy atom. The van der Waals surface area contributed by atoms with Crippen molar-refractivity contribution < 1.29 is 0 Å². The number of hydrogen-bond donors (Lipinski definition) is 0. The number of fused-ring (bicyclic) bond motifs is 1. The summed E-state index contributed by atoms with van der Waals surface area (Å²) >= 11 is 0. The van der Waals surface area contributed by atoms with E-state index in [4.69, 9.17) is 0 Å². The molecule has 0 radical (unpaired) electrons. The summed E-state index contributed by atoms with van der Waals surface area (Å²) in [6, 6.07) is 49.7. The first-order valence-electron chi connectivity index (χ1n) is 14.1. The van der Waals surface area contributed by atoms with Crippen LogP contribution in [0.4, 0.5) is 17.1 Å². The Kier molecular flexibility index (Phi) is 7.60. The minimum atomic E-state index is 1.13. The van der Waals surface area contributed by atoms with E-state index in [2.05, 4.69) is 177 Å². The van der Waals surface area contributed by atoms with Crippen LogP contribution in [-0.4, -0.2) is 0 Å². The molecular formula is C40H33N. The van der Waals surface area contributed by atoms with Crippen LogP contribution in [0.15, 0.2) is 140 Å². The number of hydrogen-bond acceptors (Lipinski definition) is 1. The number of anilines is 3. The zero-order chi connectivity index (χ0) is 28.0. The van der Waals surface area contributed by atoms with E-state index in [0.717, 1.165) is 17.1 Å². The molecule has 1 heteroatoms. The van der Waals surface area contributed by atoms with Crippen LogP contribution in [0.5, 0.6) is 0 Å². The SMILES string of the molecule is Cc1ccc(N(c2ccc(C)cc2)c2ccc(C=Cc3cccc4c(C=Cc5ccccc5)cccc34)cc2)cc1. The average Bonchev–Trinajstić information content (AvgIpc) is 3.02. The van der Waals surface area contributed by atoms with Gasteiger partial charge in [0.2, 0.25) is 0 Å². The zero-order valence-electron chi connectivity index (χ0n) is 23.5. The molecule has 6 aromatic rings. The van der Waals surface area contributed by atoms with Gasteiger partial charge in [0.1, 0.15) is 0 Å². The highest BCUT2D eigenvalue weighted by atomic mass is 15.1. The van der Waals surface area contributed by atoms with Gasteiger partial charge in [0.25, 0.3) is 0 Å². The van der Waals surface area contributed by atoms with Gasteiger partial charge in [0.05, 0.1) is 0 Å². The molecule has 6 rings (SSSR count). The van der Waals surface area contributed by atoms with E-state index in [1.54, 1.807) is 0 Å². The molecule has 0 saturated carbocycles. The number of nitrogens with zero attached hydrogens (tertiary/aromatic N) is 1. The topological polar surface area (TPSA) is 3.24 Å². The quantitative estimate of drug-likeness (QED) is 0.187. The van der Waals surface area contributed by atoms with E-state index < -0.39 is 0 Å². The molecule has 0 aliphatic rings. The molecule has 0 unspecified atom stereocenters. The van der Waals surface area contributed by atoms with Crippen molar-refractivity contribution in [2.24, 2.45) is 0 Å². The molecule has 0 heterocycles. The summed E-state index contributed by atoms with van der Waals surface area (Å²) in [7, 11) is 0. The monoisotopic (exact) mass is 527 g/mol. The molecule has 0 bridgehead atoms. The lowest BCUT2D eigenvalue weighted by Gasteiger charge is -2.25. The molecule has 41 heavy (non-hydrogen) atoms. The first-order valence-corrected chi connectivity index (χ1v) is 14.1. The number of rotatable bonds is 7. The van der Waals surface area contributed by atoms with Crippen LogP contribution >= 0.6 is 0 Å². The highest BCUT2D eigenvalue weighted by Gasteiger charge is 2.12.